The highest BCUT2D eigenvalue weighted by molar-refractivity contribution is 5.37. The van der Waals surface area contributed by atoms with Crippen molar-refractivity contribution in [3.8, 4) is 0 Å². The van der Waals surface area contributed by atoms with Crippen LogP contribution in [0.5, 0.6) is 0 Å². The minimum atomic E-state index is -0.0455. The van der Waals surface area contributed by atoms with E-state index in [2.05, 4.69) is 32.5 Å². The average molecular weight is 297 g/mol. The predicted molar refractivity (Wildman–Crippen MR) is 91.3 cm³/mol. The van der Waals surface area contributed by atoms with E-state index in [0.717, 1.165) is 17.8 Å². The molecule has 0 bridgehead atoms. The first kappa shape index (κ1) is 14.8. The summed E-state index contributed by atoms with van der Waals surface area (Å²) in [6.07, 6.45) is 9.11. The van der Waals surface area contributed by atoms with Crippen molar-refractivity contribution in [3.05, 3.63) is 22.6 Å². The maximum atomic E-state index is 8.08. The Labute approximate surface area is 136 Å². The van der Waals surface area contributed by atoms with Crippen LogP contribution in [0.1, 0.15) is 72.6 Å². The molecule has 120 valence electrons. The lowest BCUT2D eigenvalue weighted by Gasteiger charge is -2.57. The van der Waals surface area contributed by atoms with Crippen molar-refractivity contribution in [1.29, 1.82) is 0 Å². The maximum Gasteiger partial charge on any atom is 0.241 e. The van der Waals surface area contributed by atoms with Gasteiger partial charge in [-0.3, -0.25) is 0 Å². The van der Waals surface area contributed by atoms with Gasteiger partial charge in [0.25, 0.3) is 0 Å². The molecule has 22 heavy (non-hydrogen) atoms. The van der Waals surface area contributed by atoms with Crippen molar-refractivity contribution in [1.82, 2.24) is 0 Å². The molecule has 1 heteroatoms. The van der Waals surface area contributed by atoms with Crippen molar-refractivity contribution < 1.29 is 0 Å². The van der Waals surface area contributed by atoms with Crippen molar-refractivity contribution in [2.24, 2.45) is 35.0 Å². The largest absolute Gasteiger partial charge is 0.309 e. The van der Waals surface area contributed by atoms with E-state index in [-0.39, 0.29) is 5.54 Å². The van der Waals surface area contributed by atoms with Gasteiger partial charge in [0.05, 0.1) is 5.92 Å². The fourth-order valence-electron chi connectivity index (χ4n) is 6.97. The topological polar surface area (TPSA) is 4.36 Å². The first-order chi connectivity index (χ1) is 10.4. The van der Waals surface area contributed by atoms with Gasteiger partial charge in [0.2, 0.25) is 5.54 Å². The van der Waals surface area contributed by atoms with Gasteiger partial charge in [0.1, 0.15) is 0 Å². The van der Waals surface area contributed by atoms with Crippen molar-refractivity contribution in [2.45, 2.75) is 78.2 Å². The Kier molecular flexibility index (Phi) is 3.11. The zero-order valence-corrected chi connectivity index (χ0v) is 14.8. The van der Waals surface area contributed by atoms with Gasteiger partial charge in [-0.15, -0.1) is 0 Å². The van der Waals surface area contributed by atoms with Gasteiger partial charge in [-0.25, -0.2) is 6.57 Å². The fourth-order valence-corrected chi connectivity index (χ4v) is 6.97. The number of nitrogens with zero attached hydrogens (tertiary/aromatic N) is 1. The molecule has 0 aromatic heterocycles. The lowest BCUT2D eigenvalue weighted by atomic mass is 9.45. The van der Waals surface area contributed by atoms with Gasteiger partial charge in [-0.1, -0.05) is 38.8 Å². The van der Waals surface area contributed by atoms with Crippen LogP contribution in [0.3, 0.4) is 0 Å². The van der Waals surface area contributed by atoms with Crippen LogP contribution in [0.25, 0.3) is 4.85 Å². The van der Waals surface area contributed by atoms with E-state index < -0.39 is 0 Å². The van der Waals surface area contributed by atoms with E-state index in [9.17, 15) is 0 Å². The predicted octanol–water partition coefficient (Wildman–Crippen LogP) is 5.87. The Bertz CT molecular complexity index is 563. The molecular weight excluding hydrogens is 266 g/mol. The zero-order valence-electron chi connectivity index (χ0n) is 14.8. The molecule has 1 nitrogen and oxygen atoms in total. The highest BCUT2D eigenvalue weighted by Crippen LogP contribution is 2.64. The van der Waals surface area contributed by atoms with Crippen LogP contribution in [0.15, 0.2) is 11.1 Å². The Morgan fingerprint density at radius 3 is 2.64 bits per heavy atom. The molecule has 0 heterocycles. The number of hydrogen-bond acceptors (Lipinski definition) is 0. The van der Waals surface area contributed by atoms with E-state index in [4.69, 9.17) is 6.57 Å². The Hall–Kier alpha value is -0.770. The van der Waals surface area contributed by atoms with E-state index in [1.165, 1.54) is 44.9 Å². The van der Waals surface area contributed by atoms with Crippen LogP contribution < -0.4 is 0 Å². The third-order valence-electron chi connectivity index (χ3n) is 7.83. The molecular formula is C21H31N. The van der Waals surface area contributed by atoms with Crippen LogP contribution in [0, 0.1) is 41.6 Å². The van der Waals surface area contributed by atoms with Gasteiger partial charge < -0.3 is 4.85 Å². The molecule has 0 saturated heterocycles. The van der Waals surface area contributed by atoms with Gasteiger partial charge in [-0.05, 0) is 61.7 Å². The molecule has 0 aromatic carbocycles. The van der Waals surface area contributed by atoms with E-state index in [1.807, 2.05) is 5.57 Å². The van der Waals surface area contributed by atoms with Gasteiger partial charge in [0.15, 0.2) is 0 Å². The quantitative estimate of drug-likeness (QED) is 0.389. The second-order valence-corrected chi connectivity index (χ2v) is 9.74. The normalized spacial score (nSPS) is 49.3. The maximum absolute atomic E-state index is 8.08. The third-order valence-corrected chi connectivity index (χ3v) is 7.83. The summed E-state index contributed by atoms with van der Waals surface area (Å²) in [5, 5.41) is 0. The highest BCUT2D eigenvalue weighted by Gasteiger charge is 2.63. The summed E-state index contributed by atoms with van der Waals surface area (Å²) in [5.41, 5.74) is 4.04. The molecule has 2 saturated carbocycles. The summed E-state index contributed by atoms with van der Waals surface area (Å²) in [6, 6.07) is 0. The molecule has 4 rings (SSSR count). The van der Waals surface area contributed by atoms with Crippen molar-refractivity contribution in [2.75, 3.05) is 0 Å². The van der Waals surface area contributed by atoms with Crippen LogP contribution >= 0.6 is 0 Å². The van der Waals surface area contributed by atoms with E-state index in [0.29, 0.717) is 17.3 Å². The van der Waals surface area contributed by atoms with Crippen LogP contribution in [-0.2, 0) is 0 Å². The van der Waals surface area contributed by atoms with Crippen molar-refractivity contribution >= 4 is 0 Å². The first-order valence-corrected chi connectivity index (χ1v) is 9.48. The molecule has 4 aliphatic rings. The summed E-state index contributed by atoms with van der Waals surface area (Å²) in [4.78, 5) is 4.38. The zero-order chi connectivity index (χ0) is 15.7. The van der Waals surface area contributed by atoms with Crippen LogP contribution in [0.2, 0.25) is 0 Å². The Morgan fingerprint density at radius 2 is 1.91 bits per heavy atom. The van der Waals surface area contributed by atoms with E-state index in [1.54, 1.807) is 5.57 Å². The average Bonchev–Trinajstić information content (AvgIpc) is 2.45. The number of hydrogen-bond donors (Lipinski definition) is 0. The smallest absolute Gasteiger partial charge is 0.241 e. The highest BCUT2D eigenvalue weighted by atomic mass is 14.9. The molecule has 6 atom stereocenters. The molecule has 4 aliphatic carbocycles. The standard InChI is InChI=1S/C21H31N/c1-13-10-16-12-20(3,4)11-15-8-9-21(22-5)14(2)6-7-17(13)19(21)18(15)16/h13-15,17,19H,6-12H2,1-4H3/t13-,14-,15-,17+,19-,21-/m0/s1. The lowest BCUT2D eigenvalue weighted by Crippen LogP contribution is -2.56. The third kappa shape index (κ3) is 1.82. The number of allylic oxidation sites excluding steroid dienone is 1. The minimum absolute atomic E-state index is 0.0455. The van der Waals surface area contributed by atoms with E-state index >= 15 is 0 Å². The summed E-state index contributed by atoms with van der Waals surface area (Å²) in [6.45, 7) is 17.9. The summed E-state index contributed by atoms with van der Waals surface area (Å²) in [7, 11) is 0. The second kappa shape index (κ2) is 4.62. The van der Waals surface area contributed by atoms with Crippen LogP contribution in [-0.4, -0.2) is 5.54 Å². The molecule has 0 aromatic rings. The fraction of sp³-hybridized carbons (Fsp3) is 0.857. The first-order valence-electron chi connectivity index (χ1n) is 9.48. The monoisotopic (exact) mass is 297 g/mol. The second-order valence-electron chi connectivity index (χ2n) is 9.74. The lowest BCUT2D eigenvalue weighted by molar-refractivity contribution is 0.0220. The molecule has 0 radical (unpaired) electrons. The minimum Gasteiger partial charge on any atom is -0.309 e. The number of rotatable bonds is 0. The van der Waals surface area contributed by atoms with Gasteiger partial charge in [-0.2, -0.15) is 0 Å². The molecule has 0 aliphatic heterocycles. The molecule has 0 spiro atoms. The molecule has 2 fully saturated rings. The summed E-state index contributed by atoms with van der Waals surface area (Å²) < 4.78 is 0. The molecule has 0 unspecified atom stereocenters. The molecule has 0 amide bonds. The van der Waals surface area contributed by atoms with Gasteiger partial charge >= 0.3 is 0 Å². The van der Waals surface area contributed by atoms with Crippen LogP contribution in [0.4, 0.5) is 0 Å². The summed E-state index contributed by atoms with van der Waals surface area (Å²) in [5.74, 6) is 3.61. The Morgan fingerprint density at radius 1 is 1.14 bits per heavy atom. The summed E-state index contributed by atoms with van der Waals surface area (Å²) >= 11 is 0. The van der Waals surface area contributed by atoms with Gasteiger partial charge in [0, 0.05) is 12.3 Å². The van der Waals surface area contributed by atoms with Crippen molar-refractivity contribution in [3.63, 3.8) is 0 Å². The Balaban J connectivity index is 1.88. The SMILES string of the molecule is [C-]#[N+][C@]12CC[C@H]3CC(C)(C)CC4=C3[C@@H]1[C@H](CC[C@@H]2C)[C@@H](C)C4. The molecule has 0 N–H and O–H groups in total.